The normalized spacial score (nSPS) is 10.3. The third-order valence-electron chi connectivity index (χ3n) is 2.19. The molecule has 1 heterocycles. The van der Waals surface area contributed by atoms with Crippen molar-refractivity contribution in [3.05, 3.63) is 58.6 Å². The summed E-state index contributed by atoms with van der Waals surface area (Å²) in [4.78, 5) is 8.27. The van der Waals surface area contributed by atoms with Crippen molar-refractivity contribution in [3.63, 3.8) is 0 Å². The third kappa shape index (κ3) is 2.54. The zero-order valence-corrected chi connectivity index (χ0v) is 9.20. The first-order valence-electron chi connectivity index (χ1n) is 4.76. The molecule has 76 valence electrons. The maximum Gasteiger partial charge on any atom is 0.115 e. The minimum absolute atomic E-state index is 0.753. The third-order valence-corrected chi connectivity index (χ3v) is 2.56. The molecule has 2 aromatic rings. The SMILES string of the molecule is Cc1cc(Cc2ccccc2Cl)ncn1. The fraction of sp³-hybridized carbons (Fsp3) is 0.167. The van der Waals surface area contributed by atoms with Gasteiger partial charge in [-0.2, -0.15) is 0 Å². The van der Waals surface area contributed by atoms with Gasteiger partial charge in [-0.1, -0.05) is 29.8 Å². The fourth-order valence-corrected chi connectivity index (χ4v) is 1.65. The molecule has 0 aliphatic carbocycles. The first-order valence-corrected chi connectivity index (χ1v) is 5.14. The zero-order valence-electron chi connectivity index (χ0n) is 8.44. The van der Waals surface area contributed by atoms with E-state index in [4.69, 9.17) is 11.6 Å². The summed E-state index contributed by atoms with van der Waals surface area (Å²) >= 11 is 6.07. The van der Waals surface area contributed by atoms with Crippen molar-refractivity contribution >= 4 is 11.6 Å². The predicted molar refractivity (Wildman–Crippen MR) is 61.0 cm³/mol. The molecule has 1 aromatic heterocycles. The van der Waals surface area contributed by atoms with Crippen LogP contribution >= 0.6 is 11.6 Å². The van der Waals surface area contributed by atoms with Gasteiger partial charge in [-0.05, 0) is 24.6 Å². The summed E-state index contributed by atoms with van der Waals surface area (Å²) in [5.74, 6) is 0. The topological polar surface area (TPSA) is 25.8 Å². The number of hydrogen-bond donors (Lipinski definition) is 0. The quantitative estimate of drug-likeness (QED) is 0.775. The highest BCUT2D eigenvalue weighted by atomic mass is 35.5. The van der Waals surface area contributed by atoms with Crippen molar-refractivity contribution in [2.24, 2.45) is 0 Å². The lowest BCUT2D eigenvalue weighted by Gasteiger charge is -2.03. The summed E-state index contributed by atoms with van der Waals surface area (Å²) < 4.78 is 0. The Morgan fingerprint density at radius 3 is 2.73 bits per heavy atom. The van der Waals surface area contributed by atoms with Gasteiger partial charge in [0.25, 0.3) is 0 Å². The molecule has 0 fully saturated rings. The van der Waals surface area contributed by atoms with Crippen molar-refractivity contribution in [2.75, 3.05) is 0 Å². The van der Waals surface area contributed by atoms with Gasteiger partial charge >= 0.3 is 0 Å². The van der Waals surface area contributed by atoms with E-state index in [9.17, 15) is 0 Å². The minimum atomic E-state index is 0.753. The van der Waals surface area contributed by atoms with Gasteiger partial charge in [0.05, 0.1) is 0 Å². The Morgan fingerprint density at radius 2 is 2.00 bits per heavy atom. The number of halogens is 1. The first kappa shape index (κ1) is 10.1. The van der Waals surface area contributed by atoms with E-state index in [0.717, 1.165) is 28.4 Å². The molecule has 0 amide bonds. The van der Waals surface area contributed by atoms with E-state index >= 15 is 0 Å². The van der Waals surface area contributed by atoms with Crippen LogP contribution in [0.3, 0.4) is 0 Å². The lowest BCUT2D eigenvalue weighted by molar-refractivity contribution is 0.999. The second-order valence-electron chi connectivity index (χ2n) is 3.42. The number of benzene rings is 1. The smallest absolute Gasteiger partial charge is 0.115 e. The van der Waals surface area contributed by atoms with Crippen molar-refractivity contribution < 1.29 is 0 Å². The van der Waals surface area contributed by atoms with Gasteiger partial charge in [-0.25, -0.2) is 9.97 Å². The van der Waals surface area contributed by atoms with E-state index in [1.807, 2.05) is 37.3 Å². The molecule has 0 saturated carbocycles. The number of nitrogens with zero attached hydrogens (tertiary/aromatic N) is 2. The monoisotopic (exact) mass is 218 g/mol. The van der Waals surface area contributed by atoms with E-state index in [0.29, 0.717) is 0 Å². The molecule has 0 aliphatic rings. The maximum absolute atomic E-state index is 6.07. The molecule has 2 nitrogen and oxygen atoms in total. The average molecular weight is 219 g/mol. The van der Waals surface area contributed by atoms with E-state index in [2.05, 4.69) is 9.97 Å². The summed E-state index contributed by atoms with van der Waals surface area (Å²) in [6, 6.07) is 9.79. The van der Waals surface area contributed by atoms with Crippen LogP contribution in [0.25, 0.3) is 0 Å². The zero-order chi connectivity index (χ0) is 10.7. The molecule has 1 aromatic carbocycles. The molecule has 3 heteroatoms. The van der Waals surface area contributed by atoms with E-state index < -0.39 is 0 Å². The van der Waals surface area contributed by atoms with Gasteiger partial charge in [0.2, 0.25) is 0 Å². The van der Waals surface area contributed by atoms with E-state index in [1.165, 1.54) is 0 Å². The molecular weight excluding hydrogens is 208 g/mol. The van der Waals surface area contributed by atoms with Gasteiger partial charge in [0, 0.05) is 22.8 Å². The Labute approximate surface area is 94.0 Å². The van der Waals surface area contributed by atoms with Gasteiger partial charge in [0.15, 0.2) is 0 Å². The van der Waals surface area contributed by atoms with Gasteiger partial charge < -0.3 is 0 Å². The van der Waals surface area contributed by atoms with Crippen LogP contribution in [0.1, 0.15) is 17.0 Å². The highest BCUT2D eigenvalue weighted by molar-refractivity contribution is 6.31. The Balaban J connectivity index is 2.26. The molecule has 0 spiro atoms. The molecule has 0 aliphatic heterocycles. The molecule has 15 heavy (non-hydrogen) atoms. The standard InChI is InChI=1S/C12H11ClN2/c1-9-6-11(15-8-14-9)7-10-4-2-3-5-12(10)13/h2-6,8H,7H2,1H3. The minimum Gasteiger partial charge on any atom is -0.242 e. The van der Waals surface area contributed by atoms with Crippen LogP contribution < -0.4 is 0 Å². The predicted octanol–water partition coefficient (Wildman–Crippen LogP) is 3.03. The lowest BCUT2D eigenvalue weighted by atomic mass is 10.1. The number of aryl methyl sites for hydroxylation is 1. The molecule has 0 saturated heterocycles. The second kappa shape index (κ2) is 4.41. The van der Waals surface area contributed by atoms with Crippen molar-refractivity contribution in [2.45, 2.75) is 13.3 Å². The fourth-order valence-electron chi connectivity index (χ4n) is 1.44. The van der Waals surface area contributed by atoms with Crippen LogP contribution in [0, 0.1) is 6.92 Å². The highest BCUT2D eigenvalue weighted by Crippen LogP contribution is 2.17. The van der Waals surface area contributed by atoms with Crippen LogP contribution in [-0.2, 0) is 6.42 Å². The molecule has 0 bridgehead atoms. The van der Waals surface area contributed by atoms with Crippen LogP contribution in [-0.4, -0.2) is 9.97 Å². The molecule has 0 atom stereocenters. The maximum atomic E-state index is 6.07. The van der Waals surface area contributed by atoms with Crippen molar-refractivity contribution in [1.29, 1.82) is 0 Å². The van der Waals surface area contributed by atoms with Gasteiger partial charge in [0.1, 0.15) is 6.33 Å². The van der Waals surface area contributed by atoms with Crippen molar-refractivity contribution in [1.82, 2.24) is 9.97 Å². The van der Waals surface area contributed by atoms with Crippen LogP contribution in [0.4, 0.5) is 0 Å². The summed E-state index contributed by atoms with van der Waals surface area (Å²) in [6.45, 7) is 1.96. The molecular formula is C12H11ClN2. The Morgan fingerprint density at radius 1 is 1.20 bits per heavy atom. The summed E-state index contributed by atoms with van der Waals surface area (Å²) in [6.07, 6.45) is 2.34. The largest absolute Gasteiger partial charge is 0.242 e. The molecule has 0 radical (unpaired) electrons. The van der Waals surface area contributed by atoms with Crippen molar-refractivity contribution in [3.8, 4) is 0 Å². The van der Waals surface area contributed by atoms with Gasteiger partial charge in [-0.15, -0.1) is 0 Å². The summed E-state index contributed by atoms with van der Waals surface area (Å²) in [5, 5.41) is 0.786. The Hall–Kier alpha value is -1.41. The average Bonchev–Trinajstić information content (AvgIpc) is 2.22. The second-order valence-corrected chi connectivity index (χ2v) is 3.83. The molecule has 0 unspecified atom stereocenters. The van der Waals surface area contributed by atoms with Crippen LogP contribution in [0.2, 0.25) is 5.02 Å². The lowest BCUT2D eigenvalue weighted by Crippen LogP contribution is -1.95. The van der Waals surface area contributed by atoms with E-state index in [-0.39, 0.29) is 0 Å². The van der Waals surface area contributed by atoms with Crippen LogP contribution in [0.5, 0.6) is 0 Å². The Bertz CT molecular complexity index is 469. The Kier molecular flexibility index (Phi) is 2.97. The van der Waals surface area contributed by atoms with Gasteiger partial charge in [-0.3, -0.25) is 0 Å². The number of rotatable bonds is 2. The number of hydrogen-bond acceptors (Lipinski definition) is 2. The number of aromatic nitrogens is 2. The van der Waals surface area contributed by atoms with E-state index in [1.54, 1.807) is 6.33 Å². The molecule has 2 rings (SSSR count). The molecule has 0 N–H and O–H groups in total. The van der Waals surface area contributed by atoms with Crippen LogP contribution in [0.15, 0.2) is 36.7 Å². The first-order chi connectivity index (χ1) is 7.25. The highest BCUT2D eigenvalue weighted by Gasteiger charge is 2.01. The summed E-state index contributed by atoms with van der Waals surface area (Å²) in [7, 11) is 0. The summed E-state index contributed by atoms with van der Waals surface area (Å²) in [5.41, 5.74) is 3.07.